The van der Waals surface area contributed by atoms with Crippen LogP contribution in [0.1, 0.15) is 36.4 Å². The fraction of sp³-hybridized carbons (Fsp3) is 0.409. The molecule has 3 amide bonds. The first-order chi connectivity index (χ1) is 15.0. The summed E-state index contributed by atoms with van der Waals surface area (Å²) < 4.78 is 0.827. The number of aryl methyl sites for hydroxylation is 1. The van der Waals surface area contributed by atoms with Gasteiger partial charge in [-0.05, 0) is 42.4 Å². The van der Waals surface area contributed by atoms with Gasteiger partial charge in [0.15, 0.2) is 0 Å². The third kappa shape index (κ3) is 3.53. The fourth-order valence-corrected chi connectivity index (χ4v) is 6.21. The maximum atomic E-state index is 13.4. The summed E-state index contributed by atoms with van der Waals surface area (Å²) in [5.41, 5.74) is 0.748. The highest BCUT2D eigenvalue weighted by atomic mass is 79.9. The average molecular weight is 501 g/mol. The van der Waals surface area contributed by atoms with Crippen LogP contribution in [0.15, 0.2) is 40.9 Å². The molecule has 2 aromatic rings. The summed E-state index contributed by atoms with van der Waals surface area (Å²) in [5.74, 6) is -0.958. The van der Waals surface area contributed by atoms with Gasteiger partial charge in [0.25, 0.3) is 0 Å². The van der Waals surface area contributed by atoms with Gasteiger partial charge in [-0.25, -0.2) is 0 Å². The van der Waals surface area contributed by atoms with E-state index in [4.69, 9.17) is 0 Å². The summed E-state index contributed by atoms with van der Waals surface area (Å²) >= 11 is 4.79. The van der Waals surface area contributed by atoms with Gasteiger partial charge in [-0.2, -0.15) is 0 Å². The van der Waals surface area contributed by atoms with E-state index in [2.05, 4.69) is 43.6 Å². The van der Waals surface area contributed by atoms with E-state index in [1.54, 1.807) is 0 Å². The Hall–Kier alpha value is -2.39. The quantitative estimate of drug-likeness (QED) is 0.481. The second kappa shape index (κ2) is 7.94. The predicted octanol–water partition coefficient (Wildman–Crippen LogP) is 3.74. The van der Waals surface area contributed by atoms with Gasteiger partial charge >= 0.3 is 0 Å². The third-order valence-electron chi connectivity index (χ3n) is 6.44. The second-order valence-electron chi connectivity index (χ2n) is 8.22. The lowest BCUT2D eigenvalue weighted by Crippen LogP contribution is -2.38. The Kier molecular flexibility index (Phi) is 5.26. The molecule has 2 fully saturated rings. The first kappa shape index (κ1) is 20.5. The SMILES string of the molecule is CCc1nnc(NC(=O)CC(c2cccc(Br)c2)N2C(=O)C3C4C=CC(C4)C3C2=O)s1. The van der Waals surface area contributed by atoms with Gasteiger partial charge in [0, 0.05) is 4.47 Å². The molecule has 0 radical (unpaired) electrons. The number of imide groups is 1. The van der Waals surface area contributed by atoms with Crippen molar-refractivity contribution in [2.45, 2.75) is 32.2 Å². The number of allylic oxidation sites excluding steroid dienone is 2. The van der Waals surface area contributed by atoms with E-state index in [9.17, 15) is 14.4 Å². The third-order valence-corrected chi connectivity index (χ3v) is 7.92. The first-order valence-corrected chi connectivity index (χ1v) is 12.0. The summed E-state index contributed by atoms with van der Waals surface area (Å²) in [6.45, 7) is 1.97. The monoisotopic (exact) mass is 500 g/mol. The highest BCUT2D eigenvalue weighted by molar-refractivity contribution is 9.10. The van der Waals surface area contributed by atoms with E-state index in [0.717, 1.165) is 27.9 Å². The molecule has 1 aliphatic heterocycles. The molecule has 2 heterocycles. The van der Waals surface area contributed by atoms with Crippen molar-refractivity contribution in [3.05, 3.63) is 51.5 Å². The number of likely N-dealkylation sites (tertiary alicyclic amines) is 1. The summed E-state index contributed by atoms with van der Waals surface area (Å²) in [4.78, 5) is 41.0. The number of hydrogen-bond acceptors (Lipinski definition) is 6. The molecule has 1 saturated carbocycles. The molecule has 3 aliphatic rings. The van der Waals surface area contributed by atoms with Crippen LogP contribution in [0.5, 0.6) is 0 Å². The largest absolute Gasteiger partial charge is 0.300 e. The average Bonchev–Trinajstić information content (AvgIpc) is 3.51. The van der Waals surface area contributed by atoms with Crippen LogP contribution in [0.2, 0.25) is 0 Å². The maximum absolute atomic E-state index is 13.4. The van der Waals surface area contributed by atoms with Crippen LogP contribution in [-0.4, -0.2) is 32.8 Å². The fourth-order valence-electron chi connectivity index (χ4n) is 5.10. The van der Waals surface area contributed by atoms with Gasteiger partial charge < -0.3 is 5.32 Å². The minimum atomic E-state index is -0.666. The Labute approximate surface area is 192 Å². The van der Waals surface area contributed by atoms with Crippen molar-refractivity contribution < 1.29 is 14.4 Å². The van der Waals surface area contributed by atoms with Crippen LogP contribution in [-0.2, 0) is 20.8 Å². The standard InChI is InChI=1S/C22H21BrN4O3S/c1-2-17-25-26-22(31-17)24-16(28)10-15(11-4-3-5-14(23)9-11)27-20(29)18-12-6-7-13(8-12)19(18)21(27)30/h3-7,9,12-13,15,18-19H,2,8,10H2,1H3,(H,24,26,28). The van der Waals surface area contributed by atoms with Crippen LogP contribution in [0, 0.1) is 23.7 Å². The van der Waals surface area contributed by atoms with Crippen molar-refractivity contribution in [3.8, 4) is 0 Å². The van der Waals surface area contributed by atoms with Crippen molar-refractivity contribution in [2.24, 2.45) is 23.7 Å². The molecule has 1 N–H and O–H groups in total. The molecule has 9 heteroatoms. The Bertz CT molecular complexity index is 1070. The molecule has 7 nitrogen and oxygen atoms in total. The number of benzene rings is 1. The molecule has 5 atom stereocenters. The molecule has 1 aromatic carbocycles. The van der Waals surface area contributed by atoms with Crippen LogP contribution < -0.4 is 5.32 Å². The number of nitrogens with one attached hydrogen (secondary N) is 1. The van der Waals surface area contributed by atoms with Crippen molar-refractivity contribution in [2.75, 3.05) is 5.32 Å². The van der Waals surface area contributed by atoms with Crippen molar-refractivity contribution in [3.63, 3.8) is 0 Å². The molecule has 5 unspecified atom stereocenters. The number of nitrogens with zero attached hydrogens (tertiary/aromatic N) is 3. The van der Waals surface area contributed by atoms with Gasteiger partial charge in [0.1, 0.15) is 5.01 Å². The topological polar surface area (TPSA) is 92.3 Å². The molecule has 2 aliphatic carbocycles. The molecule has 0 spiro atoms. The second-order valence-corrected chi connectivity index (χ2v) is 10.2. The number of amides is 3. The Morgan fingerprint density at radius 2 is 1.94 bits per heavy atom. The molecule has 5 rings (SSSR count). The smallest absolute Gasteiger partial charge is 0.234 e. The van der Waals surface area contributed by atoms with Gasteiger partial charge in [-0.3, -0.25) is 19.3 Å². The zero-order chi connectivity index (χ0) is 21.7. The summed E-state index contributed by atoms with van der Waals surface area (Å²) in [6, 6.07) is 6.77. The zero-order valence-electron chi connectivity index (χ0n) is 16.8. The summed E-state index contributed by atoms with van der Waals surface area (Å²) in [7, 11) is 0. The maximum Gasteiger partial charge on any atom is 0.234 e. The van der Waals surface area contributed by atoms with Crippen molar-refractivity contribution >= 4 is 50.1 Å². The predicted molar refractivity (Wildman–Crippen MR) is 119 cm³/mol. The van der Waals surface area contributed by atoms with E-state index in [-0.39, 0.29) is 47.8 Å². The Morgan fingerprint density at radius 3 is 2.55 bits per heavy atom. The molecule has 160 valence electrons. The number of halogens is 1. The van der Waals surface area contributed by atoms with Crippen LogP contribution in [0.4, 0.5) is 5.13 Å². The van der Waals surface area contributed by atoms with Crippen molar-refractivity contribution in [1.82, 2.24) is 15.1 Å². The van der Waals surface area contributed by atoms with Crippen LogP contribution in [0.25, 0.3) is 0 Å². The lowest BCUT2D eigenvalue weighted by atomic mass is 9.85. The normalized spacial score (nSPS) is 27.1. The number of carbonyl (C=O) groups excluding carboxylic acids is 3. The van der Waals surface area contributed by atoms with Gasteiger partial charge in [0.2, 0.25) is 22.9 Å². The zero-order valence-corrected chi connectivity index (χ0v) is 19.2. The number of rotatable bonds is 6. The van der Waals surface area contributed by atoms with Gasteiger partial charge in [0.05, 0.1) is 24.3 Å². The number of aromatic nitrogens is 2. The molecule has 31 heavy (non-hydrogen) atoms. The minimum Gasteiger partial charge on any atom is -0.300 e. The number of carbonyl (C=O) groups is 3. The number of fused-ring (bicyclic) bond motifs is 5. The van der Waals surface area contributed by atoms with Crippen LogP contribution >= 0.6 is 27.3 Å². The molecular weight excluding hydrogens is 480 g/mol. The van der Waals surface area contributed by atoms with Gasteiger partial charge in [-0.15, -0.1) is 10.2 Å². The van der Waals surface area contributed by atoms with Crippen LogP contribution in [0.3, 0.4) is 0 Å². The highest BCUT2D eigenvalue weighted by Crippen LogP contribution is 2.54. The highest BCUT2D eigenvalue weighted by Gasteiger charge is 2.60. The minimum absolute atomic E-state index is 0.0306. The van der Waals surface area contributed by atoms with E-state index >= 15 is 0 Å². The number of anilines is 1. The first-order valence-electron chi connectivity index (χ1n) is 10.4. The summed E-state index contributed by atoms with van der Waals surface area (Å²) in [5, 5.41) is 12.1. The lowest BCUT2D eigenvalue weighted by molar-refractivity contribution is -0.144. The van der Waals surface area contributed by atoms with E-state index in [1.165, 1.54) is 16.2 Å². The van der Waals surface area contributed by atoms with Crippen molar-refractivity contribution in [1.29, 1.82) is 0 Å². The molecule has 1 saturated heterocycles. The Morgan fingerprint density at radius 1 is 1.23 bits per heavy atom. The molecular formula is C22H21BrN4O3S. The lowest BCUT2D eigenvalue weighted by Gasteiger charge is -2.28. The van der Waals surface area contributed by atoms with E-state index < -0.39 is 6.04 Å². The Balaban J connectivity index is 1.43. The molecule has 1 aromatic heterocycles. The van der Waals surface area contributed by atoms with E-state index in [0.29, 0.717) is 5.13 Å². The van der Waals surface area contributed by atoms with Gasteiger partial charge in [-0.1, -0.05) is 58.5 Å². The van der Waals surface area contributed by atoms with E-state index in [1.807, 2.05) is 31.2 Å². The summed E-state index contributed by atoms with van der Waals surface area (Å²) in [6.07, 6.45) is 5.73. The molecule has 2 bridgehead atoms. The number of hydrogen-bond donors (Lipinski definition) is 1.